The Morgan fingerprint density at radius 2 is 1.91 bits per heavy atom. The van der Waals surface area contributed by atoms with Crippen molar-refractivity contribution in [3.63, 3.8) is 0 Å². The van der Waals surface area contributed by atoms with Crippen molar-refractivity contribution in [1.82, 2.24) is 19.7 Å². The van der Waals surface area contributed by atoms with Gasteiger partial charge in [-0.3, -0.25) is 19.4 Å². The number of pyridine rings is 2. The van der Waals surface area contributed by atoms with Gasteiger partial charge in [0.05, 0.1) is 35.5 Å². The molecule has 4 rings (SSSR count). The van der Waals surface area contributed by atoms with Crippen molar-refractivity contribution < 1.29 is 9.18 Å². The molecule has 0 radical (unpaired) electrons. The number of nitrogens with zero attached hydrogens (tertiary/aromatic N) is 5. The minimum absolute atomic E-state index is 0. The molecule has 1 N–H and O–H groups in total. The van der Waals surface area contributed by atoms with E-state index in [1.807, 2.05) is 38.2 Å². The van der Waals surface area contributed by atoms with Crippen LogP contribution in [-0.4, -0.2) is 38.7 Å². The van der Waals surface area contributed by atoms with Crippen molar-refractivity contribution in [2.75, 3.05) is 17.3 Å². The van der Waals surface area contributed by atoms with E-state index in [1.54, 1.807) is 17.8 Å². The van der Waals surface area contributed by atoms with Gasteiger partial charge in [-0.2, -0.15) is 18.6 Å². The molecule has 0 aromatic carbocycles. The van der Waals surface area contributed by atoms with Crippen LogP contribution in [0.1, 0.15) is 41.6 Å². The van der Waals surface area contributed by atoms with Crippen LogP contribution in [-0.2, 0) is 24.2 Å². The molecule has 0 aliphatic carbocycles. The number of aromatic nitrogens is 4. The van der Waals surface area contributed by atoms with Gasteiger partial charge in [-0.15, -0.1) is 0 Å². The maximum atomic E-state index is 13.7. The molecule has 0 spiro atoms. The normalized spacial score (nSPS) is 15.2. The zero-order valence-corrected chi connectivity index (χ0v) is 19.8. The van der Waals surface area contributed by atoms with Crippen LogP contribution in [0.25, 0.3) is 0 Å². The molecule has 32 heavy (non-hydrogen) atoms. The molecule has 1 amide bonds. The van der Waals surface area contributed by atoms with Gasteiger partial charge in [0.15, 0.2) is 0 Å². The standard InChI is InChI=1S/C23H27FN6O.H2S/c1-5-20-23(31)28-22-15(3)27-18(9-21(22)29(20)4)7-6-16-11-26-30(12-16)13-17-8-19(24)14(2)25-10-17;/h8-12,20H,5-7,13H2,1-4H3,(H,28,31);1H2/t20-;/m0./s1. The third kappa shape index (κ3) is 4.77. The first-order valence-corrected chi connectivity index (χ1v) is 10.5. The van der Waals surface area contributed by atoms with Crippen molar-refractivity contribution in [1.29, 1.82) is 0 Å². The third-order valence-electron chi connectivity index (χ3n) is 5.80. The van der Waals surface area contributed by atoms with Crippen LogP contribution in [0.5, 0.6) is 0 Å². The van der Waals surface area contributed by atoms with Gasteiger partial charge in [-0.05, 0) is 56.4 Å². The quantitative estimate of drug-likeness (QED) is 0.614. The first-order valence-electron chi connectivity index (χ1n) is 10.5. The van der Waals surface area contributed by atoms with E-state index in [4.69, 9.17) is 4.98 Å². The van der Waals surface area contributed by atoms with Crippen LogP contribution in [0.3, 0.4) is 0 Å². The van der Waals surface area contributed by atoms with Gasteiger partial charge in [0.2, 0.25) is 5.91 Å². The number of hydrogen-bond acceptors (Lipinski definition) is 5. The number of carbonyl (C=O) groups is 1. The fourth-order valence-electron chi connectivity index (χ4n) is 4.00. The molecule has 9 heteroatoms. The molecule has 7 nitrogen and oxygen atoms in total. The van der Waals surface area contributed by atoms with Gasteiger partial charge < -0.3 is 10.2 Å². The van der Waals surface area contributed by atoms with Crippen molar-refractivity contribution in [3.8, 4) is 0 Å². The number of rotatable bonds is 6. The second-order valence-corrected chi connectivity index (χ2v) is 8.07. The van der Waals surface area contributed by atoms with Gasteiger partial charge in [0.25, 0.3) is 0 Å². The lowest BCUT2D eigenvalue weighted by molar-refractivity contribution is -0.117. The maximum absolute atomic E-state index is 13.7. The number of anilines is 2. The fraction of sp³-hybridized carbons (Fsp3) is 0.391. The van der Waals surface area contributed by atoms with E-state index in [0.29, 0.717) is 12.2 Å². The predicted molar refractivity (Wildman–Crippen MR) is 128 cm³/mol. The number of nitrogens with one attached hydrogen (secondary N) is 1. The van der Waals surface area contributed by atoms with E-state index < -0.39 is 0 Å². The van der Waals surface area contributed by atoms with Crippen LogP contribution in [0.2, 0.25) is 0 Å². The predicted octanol–water partition coefficient (Wildman–Crippen LogP) is 3.54. The summed E-state index contributed by atoms with van der Waals surface area (Å²) < 4.78 is 15.5. The van der Waals surface area contributed by atoms with Crippen molar-refractivity contribution in [2.45, 2.75) is 52.6 Å². The number of halogens is 1. The Balaban J connectivity index is 0.00000289. The average Bonchev–Trinajstić information content (AvgIpc) is 3.18. The largest absolute Gasteiger partial charge is 0.361 e. The Kier molecular flexibility index (Phi) is 7.18. The van der Waals surface area contributed by atoms with Gasteiger partial charge in [-0.1, -0.05) is 6.92 Å². The maximum Gasteiger partial charge on any atom is 0.247 e. The summed E-state index contributed by atoms with van der Waals surface area (Å²) in [4.78, 5) is 23.1. The van der Waals surface area contributed by atoms with Crippen LogP contribution in [0.4, 0.5) is 15.8 Å². The molecule has 0 unspecified atom stereocenters. The van der Waals surface area contributed by atoms with E-state index in [9.17, 15) is 9.18 Å². The van der Waals surface area contributed by atoms with Crippen molar-refractivity contribution in [2.24, 2.45) is 0 Å². The highest BCUT2D eigenvalue weighted by atomic mass is 32.1. The van der Waals surface area contributed by atoms with E-state index in [0.717, 1.165) is 53.2 Å². The van der Waals surface area contributed by atoms with Crippen LogP contribution < -0.4 is 10.2 Å². The van der Waals surface area contributed by atoms with Gasteiger partial charge in [0, 0.05) is 25.1 Å². The van der Waals surface area contributed by atoms with Gasteiger partial charge in [-0.25, -0.2) is 4.39 Å². The molecular weight excluding hydrogens is 427 g/mol. The smallest absolute Gasteiger partial charge is 0.247 e. The van der Waals surface area contributed by atoms with E-state index in [2.05, 4.69) is 21.5 Å². The summed E-state index contributed by atoms with van der Waals surface area (Å²) in [6.07, 6.45) is 7.79. The topological polar surface area (TPSA) is 75.9 Å². The Labute approximate surface area is 194 Å². The van der Waals surface area contributed by atoms with Crippen molar-refractivity contribution in [3.05, 3.63) is 64.7 Å². The Morgan fingerprint density at radius 3 is 2.62 bits per heavy atom. The molecular formula is C23H29FN6OS. The van der Waals surface area contributed by atoms with E-state index in [-0.39, 0.29) is 31.3 Å². The van der Waals surface area contributed by atoms with Gasteiger partial charge >= 0.3 is 0 Å². The molecule has 1 aliphatic heterocycles. The Bertz CT molecular complexity index is 1130. The Morgan fingerprint density at radius 1 is 1.12 bits per heavy atom. The average molecular weight is 457 g/mol. The number of carbonyl (C=O) groups excluding carboxylic acids is 1. The lowest BCUT2D eigenvalue weighted by Crippen LogP contribution is -2.46. The number of aryl methyl sites for hydroxylation is 4. The second kappa shape index (κ2) is 9.68. The molecule has 0 bridgehead atoms. The number of fused-ring (bicyclic) bond motifs is 1. The molecule has 0 fully saturated rings. The lowest BCUT2D eigenvalue weighted by atomic mass is 10.0. The lowest BCUT2D eigenvalue weighted by Gasteiger charge is -2.35. The van der Waals surface area contributed by atoms with Gasteiger partial charge in [0.1, 0.15) is 11.9 Å². The molecule has 4 heterocycles. The molecule has 170 valence electrons. The molecule has 3 aromatic heterocycles. The molecule has 1 aliphatic rings. The summed E-state index contributed by atoms with van der Waals surface area (Å²) in [6, 6.07) is 3.40. The number of likely N-dealkylation sites (N-methyl/N-ethyl adjacent to an activating group) is 1. The molecule has 0 saturated carbocycles. The van der Waals surface area contributed by atoms with E-state index >= 15 is 0 Å². The summed E-state index contributed by atoms with van der Waals surface area (Å²) in [6.45, 7) is 6.06. The molecule has 3 aromatic rings. The summed E-state index contributed by atoms with van der Waals surface area (Å²) in [5.74, 6) is -0.281. The zero-order valence-electron chi connectivity index (χ0n) is 18.8. The minimum atomic E-state index is -0.301. The highest BCUT2D eigenvalue weighted by Crippen LogP contribution is 2.34. The zero-order chi connectivity index (χ0) is 22.1. The SMILES string of the molecule is CC[C@H]1C(=O)Nc2c(cc(CCc3cnn(Cc4cnc(C)c(F)c4)c3)nc2C)N1C.S. The number of hydrogen-bond donors (Lipinski definition) is 1. The first kappa shape index (κ1) is 23.7. The Hall–Kier alpha value is -2.94. The molecule has 1 atom stereocenters. The van der Waals surface area contributed by atoms with E-state index in [1.165, 1.54) is 6.07 Å². The van der Waals surface area contributed by atoms with Crippen molar-refractivity contribution >= 4 is 30.8 Å². The number of amides is 1. The highest BCUT2D eigenvalue weighted by molar-refractivity contribution is 7.59. The highest BCUT2D eigenvalue weighted by Gasteiger charge is 2.30. The first-order chi connectivity index (χ1) is 14.9. The summed E-state index contributed by atoms with van der Waals surface area (Å²) >= 11 is 0. The van der Waals surface area contributed by atoms with Crippen LogP contribution in [0.15, 0.2) is 30.7 Å². The van der Waals surface area contributed by atoms with Crippen LogP contribution in [0, 0.1) is 19.7 Å². The second-order valence-electron chi connectivity index (χ2n) is 8.07. The molecule has 0 saturated heterocycles. The summed E-state index contributed by atoms with van der Waals surface area (Å²) in [5, 5.41) is 7.40. The fourth-order valence-corrected chi connectivity index (χ4v) is 4.00. The van der Waals surface area contributed by atoms with Crippen LogP contribution >= 0.6 is 13.5 Å². The summed E-state index contributed by atoms with van der Waals surface area (Å²) in [5.41, 5.74) is 5.88. The third-order valence-corrected chi connectivity index (χ3v) is 5.80. The summed E-state index contributed by atoms with van der Waals surface area (Å²) in [7, 11) is 1.96. The monoisotopic (exact) mass is 456 g/mol. The minimum Gasteiger partial charge on any atom is -0.361 e.